The van der Waals surface area contributed by atoms with E-state index in [9.17, 15) is 4.79 Å². The largest absolute Gasteiger partial charge is 0.342 e. The molecule has 1 amide bonds. The zero-order valence-electron chi connectivity index (χ0n) is 11.7. The third-order valence-electron chi connectivity index (χ3n) is 3.64. The van der Waals surface area contributed by atoms with E-state index >= 15 is 0 Å². The molecule has 0 radical (unpaired) electrons. The fourth-order valence-corrected chi connectivity index (χ4v) is 2.68. The second kappa shape index (κ2) is 10.6. The Balaban J connectivity index is 0.00000289. The van der Waals surface area contributed by atoms with E-state index in [0.29, 0.717) is 18.9 Å². The summed E-state index contributed by atoms with van der Waals surface area (Å²) in [4.78, 5) is 14.1. The molecule has 0 bridgehead atoms. The smallest absolute Gasteiger partial charge is 0.222 e. The number of nitrogens with zero attached hydrogens (tertiary/aromatic N) is 1. The normalized spacial score (nSPS) is 16.1. The Kier molecular flexibility index (Phi) is 10.5. The van der Waals surface area contributed by atoms with E-state index in [1.807, 2.05) is 0 Å². The summed E-state index contributed by atoms with van der Waals surface area (Å²) in [6, 6.07) is 0. The number of halogens is 1. The van der Waals surface area contributed by atoms with Crippen molar-refractivity contribution in [1.82, 2.24) is 4.90 Å². The van der Waals surface area contributed by atoms with E-state index in [0.717, 1.165) is 31.8 Å². The van der Waals surface area contributed by atoms with Gasteiger partial charge in [-0.15, -0.1) is 12.4 Å². The predicted molar refractivity (Wildman–Crippen MR) is 79.0 cm³/mol. The van der Waals surface area contributed by atoms with Crippen LogP contribution in [0.2, 0.25) is 0 Å². The van der Waals surface area contributed by atoms with E-state index < -0.39 is 0 Å². The lowest BCUT2D eigenvalue weighted by molar-refractivity contribution is -0.132. The average molecular weight is 277 g/mol. The quantitative estimate of drug-likeness (QED) is 0.777. The Morgan fingerprint density at radius 1 is 1.28 bits per heavy atom. The Morgan fingerprint density at radius 3 is 2.50 bits per heavy atom. The van der Waals surface area contributed by atoms with E-state index in [4.69, 9.17) is 5.73 Å². The zero-order chi connectivity index (χ0) is 12.5. The molecule has 0 aromatic carbocycles. The number of hydrogen-bond donors (Lipinski definition) is 1. The third-order valence-corrected chi connectivity index (χ3v) is 3.64. The standard InChI is InChI=1S/C14H28N2O.ClH/c1-2-11-16(14(17)9-6-10-15)12-13-7-4-3-5-8-13;/h13H,2-12,15H2,1H3;1H. The Morgan fingerprint density at radius 2 is 1.94 bits per heavy atom. The highest BCUT2D eigenvalue weighted by molar-refractivity contribution is 5.85. The van der Waals surface area contributed by atoms with Gasteiger partial charge in [0.05, 0.1) is 0 Å². The first-order valence-electron chi connectivity index (χ1n) is 7.25. The van der Waals surface area contributed by atoms with Crippen molar-refractivity contribution in [2.45, 2.75) is 58.3 Å². The molecule has 1 aliphatic carbocycles. The zero-order valence-corrected chi connectivity index (χ0v) is 12.5. The second-order valence-electron chi connectivity index (χ2n) is 5.24. The van der Waals surface area contributed by atoms with Crippen LogP contribution in [0.3, 0.4) is 0 Å². The molecule has 0 aromatic heterocycles. The van der Waals surface area contributed by atoms with Gasteiger partial charge >= 0.3 is 0 Å². The first-order valence-corrected chi connectivity index (χ1v) is 7.25. The van der Waals surface area contributed by atoms with Crippen molar-refractivity contribution in [1.29, 1.82) is 0 Å². The lowest BCUT2D eigenvalue weighted by Gasteiger charge is -2.29. The number of carbonyl (C=O) groups excluding carboxylic acids is 1. The molecule has 1 fully saturated rings. The highest BCUT2D eigenvalue weighted by Crippen LogP contribution is 2.24. The van der Waals surface area contributed by atoms with Crippen LogP contribution < -0.4 is 5.73 Å². The van der Waals surface area contributed by atoms with Crippen LogP contribution >= 0.6 is 12.4 Å². The van der Waals surface area contributed by atoms with E-state index in [-0.39, 0.29) is 12.4 Å². The molecule has 3 nitrogen and oxygen atoms in total. The van der Waals surface area contributed by atoms with Crippen LogP contribution in [-0.4, -0.2) is 30.4 Å². The van der Waals surface area contributed by atoms with E-state index in [2.05, 4.69) is 11.8 Å². The summed E-state index contributed by atoms with van der Waals surface area (Å²) >= 11 is 0. The first kappa shape index (κ1) is 17.7. The Hall–Kier alpha value is -0.280. The summed E-state index contributed by atoms with van der Waals surface area (Å²) in [5.74, 6) is 1.06. The molecule has 1 rings (SSSR count). The SMILES string of the molecule is CCCN(CC1CCCCC1)C(=O)CCCN.Cl. The molecule has 0 saturated heterocycles. The molecule has 1 aliphatic rings. The Bertz CT molecular complexity index is 218. The molecule has 0 spiro atoms. The van der Waals surface area contributed by atoms with E-state index in [1.54, 1.807) is 0 Å². The first-order chi connectivity index (χ1) is 8.27. The highest BCUT2D eigenvalue weighted by atomic mass is 35.5. The van der Waals surface area contributed by atoms with Crippen molar-refractivity contribution in [2.24, 2.45) is 11.7 Å². The molecule has 18 heavy (non-hydrogen) atoms. The number of rotatable bonds is 7. The maximum absolute atomic E-state index is 12.0. The summed E-state index contributed by atoms with van der Waals surface area (Å²) < 4.78 is 0. The van der Waals surface area contributed by atoms with Gasteiger partial charge < -0.3 is 10.6 Å². The Labute approximate surface area is 118 Å². The molecule has 0 aliphatic heterocycles. The average Bonchev–Trinajstić information content (AvgIpc) is 2.36. The molecule has 1 saturated carbocycles. The molecule has 108 valence electrons. The summed E-state index contributed by atoms with van der Waals surface area (Å²) in [6.07, 6.45) is 9.21. The van der Waals surface area contributed by atoms with Crippen molar-refractivity contribution < 1.29 is 4.79 Å². The van der Waals surface area contributed by atoms with Gasteiger partial charge in [-0.1, -0.05) is 26.2 Å². The molecule has 2 N–H and O–H groups in total. The molecule has 0 unspecified atom stereocenters. The van der Waals surface area contributed by atoms with Crippen molar-refractivity contribution in [3.8, 4) is 0 Å². The van der Waals surface area contributed by atoms with Gasteiger partial charge in [-0.3, -0.25) is 4.79 Å². The molecular formula is C14H29ClN2O. The summed E-state index contributed by atoms with van der Waals surface area (Å²) in [5.41, 5.74) is 5.46. The predicted octanol–water partition coefficient (Wildman–Crippen LogP) is 2.97. The molecular weight excluding hydrogens is 248 g/mol. The van der Waals surface area contributed by atoms with Crippen LogP contribution in [0.4, 0.5) is 0 Å². The van der Waals surface area contributed by atoms with Crippen LogP contribution in [0.25, 0.3) is 0 Å². The highest BCUT2D eigenvalue weighted by Gasteiger charge is 2.19. The summed E-state index contributed by atoms with van der Waals surface area (Å²) in [7, 11) is 0. The van der Waals surface area contributed by atoms with Gasteiger partial charge in [0.2, 0.25) is 5.91 Å². The summed E-state index contributed by atoms with van der Waals surface area (Å²) in [6.45, 7) is 4.66. The molecule has 0 heterocycles. The van der Waals surface area contributed by atoms with Crippen LogP contribution in [0.15, 0.2) is 0 Å². The molecule has 0 atom stereocenters. The van der Waals surface area contributed by atoms with Crippen molar-refractivity contribution in [3.63, 3.8) is 0 Å². The number of amides is 1. The van der Waals surface area contributed by atoms with E-state index in [1.165, 1.54) is 32.1 Å². The number of carbonyl (C=O) groups is 1. The fraction of sp³-hybridized carbons (Fsp3) is 0.929. The minimum Gasteiger partial charge on any atom is -0.342 e. The minimum atomic E-state index is 0. The van der Waals surface area contributed by atoms with Crippen LogP contribution in [-0.2, 0) is 4.79 Å². The summed E-state index contributed by atoms with van der Waals surface area (Å²) in [5, 5.41) is 0. The second-order valence-corrected chi connectivity index (χ2v) is 5.24. The topological polar surface area (TPSA) is 46.3 Å². The van der Waals surface area contributed by atoms with Gasteiger partial charge in [-0.25, -0.2) is 0 Å². The number of hydrogen-bond acceptors (Lipinski definition) is 2. The van der Waals surface area contributed by atoms with Crippen molar-refractivity contribution in [2.75, 3.05) is 19.6 Å². The van der Waals surface area contributed by atoms with Gasteiger partial charge in [0, 0.05) is 19.5 Å². The van der Waals surface area contributed by atoms with Gasteiger partial charge in [-0.05, 0) is 38.1 Å². The maximum atomic E-state index is 12.0. The van der Waals surface area contributed by atoms with Crippen LogP contribution in [0.1, 0.15) is 58.3 Å². The van der Waals surface area contributed by atoms with Crippen molar-refractivity contribution >= 4 is 18.3 Å². The molecule has 0 aromatic rings. The van der Waals surface area contributed by atoms with Gasteiger partial charge in [-0.2, -0.15) is 0 Å². The lowest BCUT2D eigenvalue weighted by atomic mass is 9.89. The van der Waals surface area contributed by atoms with Gasteiger partial charge in [0.15, 0.2) is 0 Å². The minimum absolute atomic E-state index is 0. The van der Waals surface area contributed by atoms with Crippen molar-refractivity contribution in [3.05, 3.63) is 0 Å². The lowest BCUT2D eigenvalue weighted by Crippen LogP contribution is -2.36. The maximum Gasteiger partial charge on any atom is 0.222 e. The molecule has 4 heteroatoms. The monoisotopic (exact) mass is 276 g/mol. The number of nitrogens with two attached hydrogens (primary N) is 1. The third kappa shape index (κ3) is 6.60. The van der Waals surface area contributed by atoms with Crippen LogP contribution in [0.5, 0.6) is 0 Å². The van der Waals surface area contributed by atoms with Gasteiger partial charge in [0.25, 0.3) is 0 Å². The van der Waals surface area contributed by atoms with Gasteiger partial charge in [0.1, 0.15) is 0 Å². The fourth-order valence-electron chi connectivity index (χ4n) is 2.68. The van der Waals surface area contributed by atoms with Crippen LogP contribution in [0, 0.1) is 5.92 Å².